The number of likely N-dealkylation sites (N-methyl/N-ethyl adjacent to an activating group) is 1. The minimum absolute atomic E-state index is 0.0241. The third-order valence-corrected chi connectivity index (χ3v) is 4.01. The van der Waals surface area contributed by atoms with E-state index in [2.05, 4.69) is 20.5 Å². The van der Waals surface area contributed by atoms with Gasteiger partial charge in [0.15, 0.2) is 0 Å². The summed E-state index contributed by atoms with van der Waals surface area (Å²) < 4.78 is 1.89. The molecule has 124 valence electrons. The third kappa shape index (κ3) is 3.03. The van der Waals surface area contributed by atoms with Gasteiger partial charge in [-0.3, -0.25) is 4.79 Å². The van der Waals surface area contributed by atoms with E-state index in [1.54, 1.807) is 25.2 Å². The number of nitrogens with zero attached hydrogens (tertiary/aromatic N) is 5. The first-order valence-electron chi connectivity index (χ1n) is 7.36. The molecule has 0 aliphatic heterocycles. The van der Waals surface area contributed by atoms with Crippen molar-refractivity contribution in [3.63, 3.8) is 0 Å². The maximum absolute atomic E-state index is 12.0. The van der Waals surface area contributed by atoms with Crippen LogP contribution in [0.5, 0.6) is 0 Å². The van der Waals surface area contributed by atoms with Gasteiger partial charge in [-0.05, 0) is 19.1 Å². The SMILES string of the molecule is Cc1nncc(Cl)c1Nc1nccc2c1ccn2CC(=O)N(C)C. The van der Waals surface area contributed by atoms with Crippen molar-refractivity contribution in [3.8, 4) is 0 Å². The topological polar surface area (TPSA) is 75.9 Å². The lowest BCUT2D eigenvalue weighted by Crippen LogP contribution is -2.25. The van der Waals surface area contributed by atoms with E-state index in [-0.39, 0.29) is 12.5 Å². The van der Waals surface area contributed by atoms with Crippen molar-refractivity contribution in [2.75, 3.05) is 19.4 Å². The van der Waals surface area contributed by atoms with Crippen molar-refractivity contribution in [2.45, 2.75) is 13.5 Å². The molecular formula is C16H17ClN6O. The second kappa shape index (κ2) is 6.45. The summed E-state index contributed by atoms with van der Waals surface area (Å²) in [7, 11) is 3.48. The summed E-state index contributed by atoms with van der Waals surface area (Å²) in [5.74, 6) is 0.678. The van der Waals surface area contributed by atoms with Crippen LogP contribution in [0.2, 0.25) is 5.02 Å². The van der Waals surface area contributed by atoms with Crippen LogP contribution >= 0.6 is 11.6 Å². The van der Waals surface area contributed by atoms with Gasteiger partial charge < -0.3 is 14.8 Å². The zero-order valence-electron chi connectivity index (χ0n) is 13.6. The standard InChI is InChI=1S/C16H17ClN6O/c1-10-15(12(17)8-19-21-10)20-16-11-5-7-23(9-14(24)22(2)3)13(11)4-6-18-16/h4-8H,9H2,1-3H3,(H,18,19,20). The second-order valence-electron chi connectivity index (χ2n) is 5.60. The summed E-state index contributed by atoms with van der Waals surface area (Å²) >= 11 is 6.19. The lowest BCUT2D eigenvalue weighted by atomic mass is 10.3. The molecular weight excluding hydrogens is 328 g/mol. The smallest absolute Gasteiger partial charge is 0.241 e. The molecule has 8 heteroatoms. The first kappa shape index (κ1) is 16.2. The van der Waals surface area contributed by atoms with E-state index in [1.807, 2.05) is 29.8 Å². The van der Waals surface area contributed by atoms with Crippen molar-refractivity contribution in [1.29, 1.82) is 0 Å². The first-order valence-corrected chi connectivity index (χ1v) is 7.74. The predicted molar refractivity (Wildman–Crippen MR) is 93.5 cm³/mol. The molecule has 0 radical (unpaired) electrons. The Bertz CT molecular complexity index is 884. The molecule has 0 bridgehead atoms. The fraction of sp³-hybridized carbons (Fsp3) is 0.250. The van der Waals surface area contributed by atoms with E-state index in [9.17, 15) is 4.79 Å². The van der Waals surface area contributed by atoms with Gasteiger partial charge in [-0.1, -0.05) is 11.6 Å². The van der Waals surface area contributed by atoms with E-state index in [1.165, 1.54) is 6.20 Å². The molecule has 3 heterocycles. The quantitative estimate of drug-likeness (QED) is 0.787. The first-order chi connectivity index (χ1) is 11.5. The zero-order valence-corrected chi connectivity index (χ0v) is 14.4. The van der Waals surface area contributed by atoms with Crippen molar-refractivity contribution < 1.29 is 4.79 Å². The van der Waals surface area contributed by atoms with Crippen LogP contribution in [0.4, 0.5) is 11.5 Å². The second-order valence-corrected chi connectivity index (χ2v) is 6.01. The summed E-state index contributed by atoms with van der Waals surface area (Å²) in [6.07, 6.45) is 5.05. The van der Waals surface area contributed by atoms with Crippen LogP contribution in [0.1, 0.15) is 5.69 Å². The molecule has 1 N–H and O–H groups in total. The van der Waals surface area contributed by atoms with Gasteiger partial charge in [-0.15, -0.1) is 0 Å². The minimum Gasteiger partial charge on any atom is -0.347 e. The normalized spacial score (nSPS) is 10.8. The maximum Gasteiger partial charge on any atom is 0.241 e. The van der Waals surface area contributed by atoms with Gasteiger partial charge in [0.25, 0.3) is 0 Å². The number of pyridine rings is 1. The summed E-state index contributed by atoms with van der Waals surface area (Å²) in [6.45, 7) is 2.10. The van der Waals surface area contributed by atoms with Crippen molar-refractivity contribution in [1.82, 2.24) is 24.6 Å². The van der Waals surface area contributed by atoms with Gasteiger partial charge in [-0.2, -0.15) is 10.2 Å². The molecule has 0 aromatic carbocycles. The van der Waals surface area contributed by atoms with Gasteiger partial charge in [0.2, 0.25) is 5.91 Å². The number of rotatable bonds is 4. The highest BCUT2D eigenvalue weighted by molar-refractivity contribution is 6.33. The van der Waals surface area contributed by atoms with Gasteiger partial charge in [-0.25, -0.2) is 4.98 Å². The van der Waals surface area contributed by atoms with E-state index in [0.717, 1.165) is 10.9 Å². The summed E-state index contributed by atoms with van der Waals surface area (Å²) in [6, 6.07) is 3.80. The molecule has 0 unspecified atom stereocenters. The van der Waals surface area contributed by atoms with Gasteiger partial charge in [0.05, 0.1) is 28.1 Å². The third-order valence-electron chi connectivity index (χ3n) is 3.72. The molecule has 3 rings (SSSR count). The fourth-order valence-electron chi connectivity index (χ4n) is 2.37. The number of hydrogen-bond donors (Lipinski definition) is 1. The number of hydrogen-bond acceptors (Lipinski definition) is 5. The van der Waals surface area contributed by atoms with Crippen molar-refractivity contribution in [3.05, 3.63) is 41.4 Å². The average molecular weight is 345 g/mol. The number of aryl methyl sites for hydroxylation is 1. The lowest BCUT2D eigenvalue weighted by Gasteiger charge is -2.12. The molecule has 0 aliphatic carbocycles. The Labute approximate surface area is 144 Å². The number of nitrogens with one attached hydrogen (secondary N) is 1. The highest BCUT2D eigenvalue weighted by atomic mass is 35.5. The van der Waals surface area contributed by atoms with Crippen LogP contribution in [0.15, 0.2) is 30.7 Å². The number of anilines is 2. The fourth-order valence-corrected chi connectivity index (χ4v) is 2.60. The predicted octanol–water partition coefficient (Wildman–Crippen LogP) is 2.62. The largest absolute Gasteiger partial charge is 0.347 e. The van der Waals surface area contributed by atoms with Crippen LogP contribution < -0.4 is 5.32 Å². The molecule has 0 saturated carbocycles. The molecule has 1 amide bonds. The van der Waals surface area contributed by atoms with Crippen LogP contribution in [0.25, 0.3) is 10.9 Å². The molecule has 24 heavy (non-hydrogen) atoms. The molecule has 0 fully saturated rings. The Kier molecular flexibility index (Phi) is 4.35. The monoisotopic (exact) mass is 344 g/mol. The van der Waals surface area contributed by atoms with Gasteiger partial charge in [0, 0.05) is 31.9 Å². The Balaban J connectivity index is 1.99. The van der Waals surface area contributed by atoms with Crippen LogP contribution in [0.3, 0.4) is 0 Å². The Morgan fingerprint density at radius 1 is 1.38 bits per heavy atom. The molecule has 0 saturated heterocycles. The van der Waals surface area contributed by atoms with Crippen molar-refractivity contribution >= 4 is 39.9 Å². The molecule has 3 aromatic heterocycles. The lowest BCUT2D eigenvalue weighted by molar-refractivity contribution is -0.129. The summed E-state index contributed by atoms with van der Waals surface area (Å²) in [4.78, 5) is 17.9. The maximum atomic E-state index is 12.0. The highest BCUT2D eigenvalue weighted by Crippen LogP contribution is 2.30. The van der Waals surface area contributed by atoms with Crippen LogP contribution in [-0.2, 0) is 11.3 Å². The molecule has 0 spiro atoms. The zero-order chi connectivity index (χ0) is 17.3. The number of aromatic nitrogens is 4. The molecule has 7 nitrogen and oxygen atoms in total. The van der Waals surface area contributed by atoms with Crippen LogP contribution in [0, 0.1) is 6.92 Å². The number of halogens is 1. The van der Waals surface area contributed by atoms with Crippen molar-refractivity contribution in [2.24, 2.45) is 0 Å². The van der Waals surface area contributed by atoms with Crippen LogP contribution in [-0.4, -0.2) is 44.7 Å². The summed E-state index contributed by atoms with van der Waals surface area (Å²) in [5.41, 5.74) is 2.27. The molecule has 0 atom stereocenters. The average Bonchev–Trinajstić information content (AvgIpc) is 2.95. The van der Waals surface area contributed by atoms with Gasteiger partial charge >= 0.3 is 0 Å². The Morgan fingerprint density at radius 2 is 2.17 bits per heavy atom. The summed E-state index contributed by atoms with van der Waals surface area (Å²) in [5, 5.41) is 12.4. The molecule has 3 aromatic rings. The molecule has 0 aliphatic rings. The van der Waals surface area contributed by atoms with E-state index < -0.39 is 0 Å². The number of fused-ring (bicyclic) bond motifs is 1. The van der Waals surface area contributed by atoms with Gasteiger partial charge in [0.1, 0.15) is 12.4 Å². The van der Waals surface area contributed by atoms with E-state index in [0.29, 0.717) is 22.2 Å². The highest BCUT2D eigenvalue weighted by Gasteiger charge is 2.13. The number of carbonyl (C=O) groups is 1. The number of amides is 1. The Hall–Kier alpha value is -2.67. The van der Waals surface area contributed by atoms with E-state index in [4.69, 9.17) is 11.6 Å². The van der Waals surface area contributed by atoms with E-state index >= 15 is 0 Å². The minimum atomic E-state index is 0.0241. The number of carbonyl (C=O) groups excluding carboxylic acids is 1. The Morgan fingerprint density at radius 3 is 2.88 bits per heavy atom.